The number of aliphatic carboxylic acids is 1. The van der Waals surface area contributed by atoms with Gasteiger partial charge in [-0.2, -0.15) is 13.2 Å². The monoisotopic (exact) mass is 544 g/mol. The van der Waals surface area contributed by atoms with Crippen molar-refractivity contribution < 1.29 is 37.1 Å². The molecule has 0 unspecified atom stereocenters. The summed E-state index contributed by atoms with van der Waals surface area (Å²) in [5.74, 6) is 0.176. The molecule has 1 N–H and O–H groups in total. The van der Waals surface area contributed by atoms with Crippen molar-refractivity contribution in [2.24, 2.45) is 11.8 Å². The maximum absolute atomic E-state index is 13.5. The van der Waals surface area contributed by atoms with Crippen molar-refractivity contribution in [1.82, 2.24) is 5.32 Å². The van der Waals surface area contributed by atoms with Gasteiger partial charge in [-0.25, -0.2) is 0 Å². The number of nitrogens with zero attached hydrogens (tertiary/aromatic N) is 1. The van der Waals surface area contributed by atoms with Crippen LogP contribution in [0, 0.1) is 11.8 Å². The number of carboxylic acids is 1. The van der Waals surface area contributed by atoms with E-state index in [1.54, 1.807) is 0 Å². The van der Waals surface area contributed by atoms with E-state index in [2.05, 4.69) is 17.4 Å². The second-order valence-electron chi connectivity index (χ2n) is 11.5. The summed E-state index contributed by atoms with van der Waals surface area (Å²) in [6.07, 6.45) is 5.21. The van der Waals surface area contributed by atoms with Crippen LogP contribution in [-0.2, 0) is 11.2 Å². The molecule has 2 bridgehead atoms. The quantitative estimate of drug-likeness (QED) is 0.487. The van der Waals surface area contributed by atoms with E-state index in [0.717, 1.165) is 35.9 Å². The summed E-state index contributed by atoms with van der Waals surface area (Å²) < 4.78 is 39.0. The Bertz CT molecular complexity index is 1200. The second kappa shape index (κ2) is 11.2. The van der Waals surface area contributed by atoms with Crippen molar-refractivity contribution in [2.45, 2.75) is 63.6 Å². The fourth-order valence-corrected chi connectivity index (χ4v) is 6.96. The summed E-state index contributed by atoms with van der Waals surface area (Å²) in [7, 11) is 0. The summed E-state index contributed by atoms with van der Waals surface area (Å²) in [4.78, 5) is 22.3. The lowest BCUT2D eigenvalue weighted by molar-refractivity contribution is -0.946. The molecule has 0 spiro atoms. The summed E-state index contributed by atoms with van der Waals surface area (Å²) in [6.45, 7) is 5.08. The lowest BCUT2D eigenvalue weighted by Gasteiger charge is -2.54. The standard InChI is InChI=1S/C28H34N2O2.C2HF3O2/c31-28(24-11-6-10-23-17-22-9-4-5-12-26(22)32-27(23)24)29-25-19-30(15-13-21(25)14-16-30)18-20-7-2-1-3-8-20;3-2(4,5)1(6)7/h4-6,9-12,20-21,25H,1-3,7-8,13-19H2;(H,6,7)/t21?,25-,30?;/m1./s1. The highest BCUT2D eigenvalue weighted by molar-refractivity contribution is 5.98. The van der Waals surface area contributed by atoms with Gasteiger partial charge in [0.15, 0.2) is 0 Å². The Hall–Kier alpha value is -3.07. The second-order valence-corrected chi connectivity index (χ2v) is 11.5. The molecule has 6 nitrogen and oxygen atoms in total. The molecule has 0 aromatic heterocycles. The van der Waals surface area contributed by atoms with Gasteiger partial charge in [0.25, 0.3) is 5.91 Å². The lowest BCUT2D eigenvalue weighted by atomic mass is 9.79. The number of amides is 1. The Morgan fingerprint density at radius 2 is 1.62 bits per heavy atom. The lowest BCUT2D eigenvalue weighted by Crippen LogP contribution is -2.68. The molecule has 210 valence electrons. The van der Waals surface area contributed by atoms with Gasteiger partial charge in [0.05, 0.1) is 37.8 Å². The minimum Gasteiger partial charge on any atom is -0.542 e. The van der Waals surface area contributed by atoms with Crippen LogP contribution in [0.5, 0.6) is 11.5 Å². The van der Waals surface area contributed by atoms with Crippen LogP contribution in [-0.4, -0.2) is 54.8 Å². The smallest absolute Gasteiger partial charge is 0.430 e. The summed E-state index contributed by atoms with van der Waals surface area (Å²) in [5, 5.41) is 12.3. The van der Waals surface area contributed by atoms with Crippen LogP contribution in [0.1, 0.15) is 66.4 Å². The van der Waals surface area contributed by atoms with Crippen LogP contribution in [0.25, 0.3) is 0 Å². The molecule has 1 atom stereocenters. The molecule has 5 aliphatic rings. The molecule has 3 saturated heterocycles. The van der Waals surface area contributed by atoms with E-state index in [1.165, 1.54) is 74.6 Å². The van der Waals surface area contributed by atoms with Gasteiger partial charge in [0, 0.05) is 30.7 Å². The molecule has 1 aliphatic carbocycles. The number of carbonyl (C=O) groups excluding carboxylic acids is 2. The Labute approximate surface area is 226 Å². The zero-order chi connectivity index (χ0) is 27.6. The van der Waals surface area contributed by atoms with Crippen molar-refractivity contribution in [2.75, 3.05) is 26.2 Å². The zero-order valence-corrected chi connectivity index (χ0v) is 22.0. The topological polar surface area (TPSA) is 78.5 Å². The number of alkyl halides is 3. The first kappa shape index (κ1) is 27.5. The molecule has 9 heteroatoms. The number of hydrogen-bond donors (Lipinski definition) is 1. The number of ether oxygens (including phenoxy) is 1. The zero-order valence-electron chi connectivity index (χ0n) is 22.0. The number of quaternary nitrogens is 1. The molecule has 4 fully saturated rings. The molecule has 1 saturated carbocycles. The van der Waals surface area contributed by atoms with Crippen LogP contribution in [0.2, 0.25) is 0 Å². The number of piperidine rings is 3. The van der Waals surface area contributed by atoms with Crippen molar-refractivity contribution >= 4 is 11.9 Å². The van der Waals surface area contributed by atoms with E-state index in [1.807, 2.05) is 30.3 Å². The van der Waals surface area contributed by atoms with E-state index in [4.69, 9.17) is 14.6 Å². The van der Waals surface area contributed by atoms with Crippen molar-refractivity contribution in [3.8, 4) is 11.5 Å². The predicted molar refractivity (Wildman–Crippen MR) is 137 cm³/mol. The molecule has 4 heterocycles. The summed E-state index contributed by atoms with van der Waals surface area (Å²) in [6, 6.07) is 14.4. The van der Waals surface area contributed by atoms with Crippen LogP contribution < -0.4 is 15.2 Å². The van der Waals surface area contributed by atoms with Gasteiger partial charge in [-0.15, -0.1) is 0 Å². The molecular formula is C30H35F3N2O4. The van der Waals surface area contributed by atoms with Gasteiger partial charge in [0.1, 0.15) is 17.5 Å². The molecule has 1 amide bonds. The minimum atomic E-state index is -5.19. The first-order chi connectivity index (χ1) is 18.6. The number of halogens is 3. The third-order valence-electron chi connectivity index (χ3n) is 8.93. The van der Waals surface area contributed by atoms with Crippen LogP contribution >= 0.6 is 0 Å². The first-order valence-corrected chi connectivity index (χ1v) is 14.0. The summed E-state index contributed by atoms with van der Waals surface area (Å²) in [5.41, 5.74) is 2.97. The number of fused-ring (bicyclic) bond motifs is 5. The highest BCUT2D eigenvalue weighted by Gasteiger charge is 2.47. The number of benzene rings is 2. The largest absolute Gasteiger partial charge is 0.542 e. The van der Waals surface area contributed by atoms with E-state index >= 15 is 0 Å². The van der Waals surface area contributed by atoms with Gasteiger partial charge in [-0.3, -0.25) is 4.79 Å². The van der Waals surface area contributed by atoms with Gasteiger partial charge in [-0.1, -0.05) is 49.6 Å². The van der Waals surface area contributed by atoms with Crippen molar-refractivity contribution in [3.05, 3.63) is 59.2 Å². The Morgan fingerprint density at radius 1 is 0.949 bits per heavy atom. The number of para-hydroxylation sites is 2. The average molecular weight is 545 g/mol. The molecule has 4 aliphatic heterocycles. The maximum atomic E-state index is 13.5. The van der Waals surface area contributed by atoms with Crippen molar-refractivity contribution in [1.29, 1.82) is 0 Å². The van der Waals surface area contributed by atoms with E-state index in [0.29, 0.717) is 17.5 Å². The van der Waals surface area contributed by atoms with E-state index < -0.39 is 12.1 Å². The highest BCUT2D eigenvalue weighted by atomic mass is 19.4. The van der Waals surface area contributed by atoms with Gasteiger partial charge in [0.2, 0.25) is 0 Å². The number of carboxylic acid groups (broad SMARTS) is 1. The van der Waals surface area contributed by atoms with Crippen LogP contribution in [0.15, 0.2) is 42.5 Å². The molecule has 2 aromatic rings. The fraction of sp³-hybridized carbons (Fsp3) is 0.533. The molecule has 0 radical (unpaired) electrons. The highest BCUT2D eigenvalue weighted by Crippen LogP contribution is 2.40. The van der Waals surface area contributed by atoms with Crippen LogP contribution in [0.4, 0.5) is 13.2 Å². The molecule has 39 heavy (non-hydrogen) atoms. The van der Waals surface area contributed by atoms with Crippen LogP contribution in [0.3, 0.4) is 0 Å². The third-order valence-corrected chi connectivity index (χ3v) is 8.93. The van der Waals surface area contributed by atoms with E-state index in [-0.39, 0.29) is 5.91 Å². The predicted octanol–water partition coefficient (Wildman–Crippen LogP) is 4.60. The normalized spacial score (nSPS) is 25.8. The number of rotatable bonds is 4. The molecule has 2 aromatic carbocycles. The number of nitrogens with one attached hydrogen (secondary N) is 1. The van der Waals surface area contributed by atoms with E-state index in [9.17, 15) is 18.0 Å². The Balaban J connectivity index is 0.000000392. The fourth-order valence-electron chi connectivity index (χ4n) is 6.96. The van der Waals surface area contributed by atoms with Crippen molar-refractivity contribution in [3.63, 3.8) is 0 Å². The molecular weight excluding hydrogens is 509 g/mol. The summed E-state index contributed by atoms with van der Waals surface area (Å²) >= 11 is 0. The third kappa shape index (κ3) is 6.24. The SMILES string of the molecule is O=C(N[C@@H]1C[N+]2(CC3CCCCC3)CCC1CC2)c1cccc2c1Oc1ccccc1C2.O=C([O-])C(F)(F)F. The first-order valence-electron chi connectivity index (χ1n) is 14.0. The maximum Gasteiger partial charge on any atom is 0.430 e. The number of carbonyl (C=O) groups is 2. The minimum absolute atomic E-state index is 0.0378. The Morgan fingerprint density at radius 3 is 2.31 bits per heavy atom. The number of hydrogen-bond acceptors (Lipinski definition) is 4. The molecule has 7 rings (SSSR count). The van der Waals surface area contributed by atoms with Gasteiger partial charge >= 0.3 is 6.18 Å². The average Bonchev–Trinajstić information content (AvgIpc) is 2.92. The Kier molecular flexibility index (Phi) is 7.89. The van der Waals surface area contributed by atoms with Gasteiger partial charge in [-0.05, 0) is 36.5 Å². The van der Waals surface area contributed by atoms with Gasteiger partial charge < -0.3 is 24.4 Å².